The Morgan fingerprint density at radius 3 is 2.60 bits per heavy atom. The maximum atomic E-state index is 9.09. The SMILES string of the molecule is Cc1ccc(CNc2oc(CC(C)C)nc2C#N)cc1. The van der Waals surface area contributed by atoms with Crippen LogP contribution in [0, 0.1) is 24.2 Å². The molecule has 4 heteroatoms. The zero-order valence-corrected chi connectivity index (χ0v) is 12.1. The summed E-state index contributed by atoms with van der Waals surface area (Å²) in [5.41, 5.74) is 2.69. The molecular formula is C16H19N3O. The first-order valence-corrected chi connectivity index (χ1v) is 6.77. The van der Waals surface area contributed by atoms with Crippen molar-refractivity contribution >= 4 is 5.88 Å². The van der Waals surface area contributed by atoms with Crippen LogP contribution in [0.2, 0.25) is 0 Å². The summed E-state index contributed by atoms with van der Waals surface area (Å²) in [4.78, 5) is 4.20. The molecule has 0 spiro atoms. The molecule has 0 fully saturated rings. The molecule has 0 bridgehead atoms. The monoisotopic (exact) mass is 269 g/mol. The van der Waals surface area contributed by atoms with Gasteiger partial charge >= 0.3 is 0 Å². The second kappa shape index (κ2) is 6.25. The number of rotatable bonds is 5. The molecule has 0 amide bonds. The molecule has 2 rings (SSSR count). The Kier molecular flexibility index (Phi) is 4.41. The Morgan fingerprint density at radius 2 is 2.00 bits per heavy atom. The van der Waals surface area contributed by atoms with E-state index in [0.29, 0.717) is 29.9 Å². The maximum absolute atomic E-state index is 9.09. The van der Waals surface area contributed by atoms with Gasteiger partial charge in [0, 0.05) is 13.0 Å². The summed E-state index contributed by atoms with van der Waals surface area (Å²) in [5.74, 6) is 1.52. The smallest absolute Gasteiger partial charge is 0.232 e. The number of nitrogens with one attached hydrogen (secondary N) is 1. The first-order valence-electron chi connectivity index (χ1n) is 6.77. The predicted molar refractivity (Wildman–Crippen MR) is 78.3 cm³/mol. The van der Waals surface area contributed by atoms with Crippen LogP contribution in [0.5, 0.6) is 0 Å². The predicted octanol–water partition coefficient (Wildman–Crippen LogP) is 3.67. The number of hydrogen-bond acceptors (Lipinski definition) is 4. The molecule has 1 N–H and O–H groups in total. The van der Waals surface area contributed by atoms with Crippen LogP contribution in [0.1, 0.15) is 36.6 Å². The quantitative estimate of drug-likeness (QED) is 0.899. The van der Waals surface area contributed by atoms with Crippen molar-refractivity contribution in [2.24, 2.45) is 5.92 Å². The highest BCUT2D eigenvalue weighted by Gasteiger charge is 2.13. The summed E-state index contributed by atoms with van der Waals surface area (Å²) >= 11 is 0. The summed E-state index contributed by atoms with van der Waals surface area (Å²) in [5, 5.41) is 12.2. The maximum Gasteiger partial charge on any atom is 0.232 e. The fourth-order valence-electron chi connectivity index (χ4n) is 1.88. The fraction of sp³-hybridized carbons (Fsp3) is 0.375. The Labute approximate surface area is 119 Å². The minimum absolute atomic E-state index is 0.327. The number of nitriles is 1. The molecule has 0 unspecified atom stereocenters. The number of hydrogen-bond donors (Lipinski definition) is 1. The minimum atomic E-state index is 0.327. The second-order valence-electron chi connectivity index (χ2n) is 5.33. The molecule has 1 heterocycles. The molecular weight excluding hydrogens is 250 g/mol. The van der Waals surface area contributed by atoms with Gasteiger partial charge in [0.1, 0.15) is 6.07 Å². The molecule has 4 nitrogen and oxygen atoms in total. The fourth-order valence-corrected chi connectivity index (χ4v) is 1.88. The van der Waals surface area contributed by atoms with Crippen LogP contribution < -0.4 is 5.32 Å². The van der Waals surface area contributed by atoms with Crippen molar-refractivity contribution in [3.63, 3.8) is 0 Å². The lowest BCUT2D eigenvalue weighted by molar-refractivity contribution is 0.466. The molecule has 1 aromatic carbocycles. The zero-order valence-electron chi connectivity index (χ0n) is 12.1. The van der Waals surface area contributed by atoms with Crippen LogP contribution in [0.4, 0.5) is 5.88 Å². The van der Waals surface area contributed by atoms with E-state index in [1.54, 1.807) is 0 Å². The highest BCUT2D eigenvalue weighted by molar-refractivity contribution is 5.45. The lowest BCUT2D eigenvalue weighted by Gasteiger charge is -2.04. The van der Waals surface area contributed by atoms with Gasteiger partial charge in [0.25, 0.3) is 0 Å². The molecule has 2 aromatic rings. The zero-order chi connectivity index (χ0) is 14.5. The van der Waals surface area contributed by atoms with Crippen molar-refractivity contribution in [2.45, 2.75) is 33.7 Å². The molecule has 20 heavy (non-hydrogen) atoms. The van der Waals surface area contributed by atoms with Gasteiger partial charge in [-0.25, -0.2) is 4.98 Å². The van der Waals surface area contributed by atoms with Crippen molar-refractivity contribution < 1.29 is 4.42 Å². The third-order valence-electron chi connectivity index (χ3n) is 2.93. The van der Waals surface area contributed by atoms with Gasteiger partial charge in [0.15, 0.2) is 5.89 Å². The van der Waals surface area contributed by atoms with Crippen LogP contribution in [-0.4, -0.2) is 4.98 Å². The lowest BCUT2D eigenvalue weighted by Crippen LogP contribution is -1.99. The topological polar surface area (TPSA) is 61.9 Å². The molecule has 0 aliphatic carbocycles. The summed E-state index contributed by atoms with van der Waals surface area (Å²) in [6.07, 6.45) is 0.737. The van der Waals surface area contributed by atoms with Crippen LogP contribution in [0.3, 0.4) is 0 Å². The van der Waals surface area contributed by atoms with Crippen molar-refractivity contribution in [3.05, 3.63) is 47.0 Å². The van der Waals surface area contributed by atoms with Gasteiger partial charge in [-0.1, -0.05) is 43.7 Å². The minimum Gasteiger partial charge on any atom is -0.424 e. The van der Waals surface area contributed by atoms with Crippen LogP contribution >= 0.6 is 0 Å². The van der Waals surface area contributed by atoms with Gasteiger partial charge in [-0.3, -0.25) is 0 Å². The van der Waals surface area contributed by atoms with Crippen molar-refractivity contribution in [3.8, 4) is 6.07 Å². The third-order valence-corrected chi connectivity index (χ3v) is 2.93. The van der Waals surface area contributed by atoms with Crippen LogP contribution in [0.15, 0.2) is 28.7 Å². The Morgan fingerprint density at radius 1 is 1.30 bits per heavy atom. The third kappa shape index (κ3) is 3.61. The lowest BCUT2D eigenvalue weighted by atomic mass is 10.1. The van der Waals surface area contributed by atoms with Crippen molar-refractivity contribution in [1.29, 1.82) is 5.26 Å². The standard InChI is InChI=1S/C16H19N3O/c1-11(2)8-15-19-14(9-17)16(20-15)18-10-13-6-4-12(3)5-7-13/h4-7,11,18H,8,10H2,1-3H3. The van der Waals surface area contributed by atoms with Gasteiger partial charge in [-0.15, -0.1) is 0 Å². The van der Waals surface area contributed by atoms with Gasteiger partial charge in [-0.05, 0) is 18.4 Å². The highest BCUT2D eigenvalue weighted by atomic mass is 16.4. The van der Waals surface area contributed by atoms with Gasteiger partial charge < -0.3 is 9.73 Å². The second-order valence-corrected chi connectivity index (χ2v) is 5.33. The summed E-state index contributed by atoms with van der Waals surface area (Å²) in [6, 6.07) is 10.3. The number of aromatic nitrogens is 1. The molecule has 0 aliphatic heterocycles. The molecule has 1 aromatic heterocycles. The summed E-state index contributed by atoms with van der Waals surface area (Å²) in [6.45, 7) is 6.86. The first-order chi connectivity index (χ1) is 9.58. The van der Waals surface area contributed by atoms with E-state index in [1.807, 2.05) is 0 Å². The number of nitrogens with zero attached hydrogens (tertiary/aromatic N) is 2. The van der Waals surface area contributed by atoms with E-state index in [9.17, 15) is 0 Å². The number of oxazole rings is 1. The highest BCUT2D eigenvalue weighted by Crippen LogP contribution is 2.19. The van der Waals surface area contributed by atoms with E-state index in [2.05, 4.69) is 61.4 Å². The van der Waals surface area contributed by atoms with Crippen LogP contribution in [-0.2, 0) is 13.0 Å². The van der Waals surface area contributed by atoms with E-state index in [0.717, 1.165) is 12.0 Å². The normalized spacial score (nSPS) is 10.6. The average molecular weight is 269 g/mol. The number of aryl methyl sites for hydroxylation is 1. The van der Waals surface area contributed by atoms with Gasteiger partial charge in [0.05, 0.1) is 0 Å². The van der Waals surface area contributed by atoms with Crippen molar-refractivity contribution in [2.75, 3.05) is 5.32 Å². The Bertz CT molecular complexity index is 606. The molecule has 104 valence electrons. The largest absolute Gasteiger partial charge is 0.424 e. The average Bonchev–Trinajstić information content (AvgIpc) is 2.79. The Balaban J connectivity index is 2.07. The number of anilines is 1. The summed E-state index contributed by atoms with van der Waals surface area (Å²) < 4.78 is 5.62. The van der Waals surface area contributed by atoms with Gasteiger partial charge in [0.2, 0.25) is 11.6 Å². The van der Waals surface area contributed by atoms with Crippen molar-refractivity contribution in [1.82, 2.24) is 4.98 Å². The first kappa shape index (κ1) is 14.1. The van der Waals surface area contributed by atoms with Gasteiger partial charge in [-0.2, -0.15) is 5.26 Å². The van der Waals surface area contributed by atoms with E-state index < -0.39 is 0 Å². The molecule has 0 atom stereocenters. The number of benzene rings is 1. The molecule has 0 aliphatic rings. The summed E-state index contributed by atoms with van der Waals surface area (Å²) in [7, 11) is 0. The van der Waals surface area contributed by atoms with E-state index in [-0.39, 0.29) is 0 Å². The Hall–Kier alpha value is -2.28. The van der Waals surface area contributed by atoms with Crippen LogP contribution in [0.25, 0.3) is 0 Å². The molecule has 0 radical (unpaired) electrons. The van der Waals surface area contributed by atoms with E-state index in [1.165, 1.54) is 5.56 Å². The van der Waals surface area contributed by atoms with E-state index in [4.69, 9.17) is 9.68 Å². The molecule has 0 saturated heterocycles. The molecule has 0 saturated carbocycles. The van der Waals surface area contributed by atoms with E-state index >= 15 is 0 Å².